The van der Waals surface area contributed by atoms with Gasteiger partial charge in [-0.3, -0.25) is 4.79 Å². The van der Waals surface area contributed by atoms with Gasteiger partial charge < -0.3 is 10.4 Å². The number of carbonyl (C=O) groups excluding carboxylic acids is 1. The Hall–Kier alpha value is -1.84. The smallest absolute Gasteiger partial charge is 0.251 e. The van der Waals surface area contributed by atoms with Gasteiger partial charge in [-0.25, -0.2) is 0 Å². The number of rotatable bonds is 5. The van der Waals surface area contributed by atoms with Gasteiger partial charge in [0.2, 0.25) is 0 Å². The molecule has 1 unspecified atom stereocenters. The van der Waals surface area contributed by atoms with Crippen LogP contribution in [0, 0.1) is 0 Å². The largest absolute Gasteiger partial charge is 0.396 e. The first-order valence-corrected chi connectivity index (χ1v) is 6.78. The molecule has 1 atom stereocenters. The van der Waals surface area contributed by atoms with Gasteiger partial charge in [0.15, 0.2) is 0 Å². The number of benzene rings is 2. The second kappa shape index (κ2) is 7.08. The lowest BCUT2D eigenvalue weighted by Crippen LogP contribution is -2.29. The highest BCUT2D eigenvalue weighted by molar-refractivity contribution is 6.30. The minimum Gasteiger partial charge on any atom is -0.396 e. The molecular weight excluding hydrogens is 274 g/mol. The fourth-order valence-corrected chi connectivity index (χ4v) is 2.06. The predicted molar refractivity (Wildman–Crippen MR) is 80.1 cm³/mol. The van der Waals surface area contributed by atoms with Crippen LogP contribution in [0.2, 0.25) is 5.02 Å². The molecule has 2 rings (SSSR count). The number of halogens is 1. The van der Waals surface area contributed by atoms with Crippen LogP contribution >= 0.6 is 11.6 Å². The number of amides is 1. The predicted octanol–water partition coefficient (Wildman–Crippen LogP) is 2.85. The van der Waals surface area contributed by atoms with Gasteiger partial charge in [-0.15, -0.1) is 0 Å². The molecule has 3 nitrogen and oxygen atoms in total. The van der Waals surface area contributed by atoms with Crippen molar-refractivity contribution in [2.24, 2.45) is 0 Å². The monoisotopic (exact) mass is 289 g/mol. The molecular formula is C16H16ClNO2. The van der Waals surface area contributed by atoms with Crippen molar-refractivity contribution in [1.29, 1.82) is 0 Å². The normalized spacial score (nSPS) is 11.9. The lowest BCUT2D eigenvalue weighted by Gasteiger charge is -2.15. The van der Waals surface area contributed by atoms with Crippen molar-refractivity contribution in [1.82, 2.24) is 5.32 Å². The third-order valence-corrected chi connectivity index (χ3v) is 3.36. The summed E-state index contributed by atoms with van der Waals surface area (Å²) in [5.74, 6) is -0.275. The average Bonchev–Trinajstić information content (AvgIpc) is 2.49. The van der Waals surface area contributed by atoms with Gasteiger partial charge in [-0.05, 0) is 29.8 Å². The van der Waals surface area contributed by atoms with Crippen molar-refractivity contribution in [2.45, 2.75) is 5.92 Å². The van der Waals surface area contributed by atoms with E-state index in [1.165, 1.54) is 0 Å². The summed E-state index contributed by atoms with van der Waals surface area (Å²) in [6.45, 7) is 0.382. The SMILES string of the molecule is O=C(NCC(CO)c1ccccc1)c1ccc(Cl)cc1. The van der Waals surface area contributed by atoms with Gasteiger partial charge in [-0.1, -0.05) is 41.9 Å². The molecule has 0 saturated heterocycles. The van der Waals surface area contributed by atoms with E-state index in [0.29, 0.717) is 17.1 Å². The molecule has 0 bridgehead atoms. The molecule has 0 aliphatic heterocycles. The van der Waals surface area contributed by atoms with Crippen LogP contribution in [0.15, 0.2) is 54.6 Å². The first-order chi connectivity index (χ1) is 9.70. The second-order valence-electron chi connectivity index (χ2n) is 4.51. The van der Waals surface area contributed by atoms with Crippen molar-refractivity contribution >= 4 is 17.5 Å². The van der Waals surface area contributed by atoms with Crippen LogP contribution in [-0.2, 0) is 0 Å². The summed E-state index contributed by atoms with van der Waals surface area (Å²) in [5, 5.41) is 12.9. The summed E-state index contributed by atoms with van der Waals surface area (Å²) in [6.07, 6.45) is 0. The van der Waals surface area contributed by atoms with Crippen molar-refractivity contribution in [3.05, 3.63) is 70.7 Å². The highest BCUT2D eigenvalue weighted by Gasteiger charge is 2.12. The molecule has 20 heavy (non-hydrogen) atoms. The van der Waals surface area contributed by atoms with Crippen LogP contribution in [0.1, 0.15) is 21.8 Å². The lowest BCUT2D eigenvalue weighted by atomic mass is 10.00. The fraction of sp³-hybridized carbons (Fsp3) is 0.188. The Balaban J connectivity index is 1.96. The molecule has 1 amide bonds. The molecule has 104 valence electrons. The second-order valence-corrected chi connectivity index (χ2v) is 4.94. The molecule has 0 aliphatic carbocycles. The number of nitrogens with one attached hydrogen (secondary N) is 1. The van der Waals surface area contributed by atoms with E-state index in [1.807, 2.05) is 30.3 Å². The van der Waals surface area contributed by atoms with E-state index < -0.39 is 0 Å². The maximum absolute atomic E-state index is 12.0. The number of hydrogen-bond acceptors (Lipinski definition) is 2. The minimum atomic E-state index is -0.170. The van der Waals surface area contributed by atoms with Crippen LogP contribution in [0.25, 0.3) is 0 Å². The first-order valence-electron chi connectivity index (χ1n) is 6.40. The van der Waals surface area contributed by atoms with E-state index in [-0.39, 0.29) is 18.4 Å². The molecule has 0 saturated carbocycles. The Bertz CT molecular complexity index is 554. The van der Waals surface area contributed by atoms with Gasteiger partial charge in [0.05, 0.1) is 6.61 Å². The molecule has 4 heteroatoms. The number of aliphatic hydroxyl groups is 1. The van der Waals surface area contributed by atoms with E-state index in [2.05, 4.69) is 5.32 Å². The number of aliphatic hydroxyl groups excluding tert-OH is 1. The zero-order valence-corrected chi connectivity index (χ0v) is 11.7. The highest BCUT2D eigenvalue weighted by atomic mass is 35.5. The Morgan fingerprint density at radius 3 is 2.35 bits per heavy atom. The van der Waals surface area contributed by atoms with Crippen molar-refractivity contribution in [3.63, 3.8) is 0 Å². The lowest BCUT2D eigenvalue weighted by molar-refractivity contribution is 0.0947. The van der Waals surface area contributed by atoms with E-state index in [1.54, 1.807) is 24.3 Å². The molecule has 2 aromatic carbocycles. The van der Waals surface area contributed by atoms with Gasteiger partial charge in [-0.2, -0.15) is 0 Å². The molecule has 0 heterocycles. The van der Waals surface area contributed by atoms with E-state index >= 15 is 0 Å². The average molecular weight is 290 g/mol. The molecule has 0 radical (unpaired) electrons. The highest BCUT2D eigenvalue weighted by Crippen LogP contribution is 2.14. The zero-order valence-electron chi connectivity index (χ0n) is 10.9. The molecule has 2 N–H and O–H groups in total. The number of carbonyl (C=O) groups is 1. The van der Waals surface area contributed by atoms with Crippen LogP contribution in [0.3, 0.4) is 0 Å². The molecule has 0 spiro atoms. The van der Waals surface area contributed by atoms with Gasteiger partial charge >= 0.3 is 0 Å². The Morgan fingerprint density at radius 2 is 1.75 bits per heavy atom. The van der Waals surface area contributed by atoms with Crippen molar-refractivity contribution in [3.8, 4) is 0 Å². The van der Waals surface area contributed by atoms with Crippen molar-refractivity contribution < 1.29 is 9.90 Å². The fourth-order valence-electron chi connectivity index (χ4n) is 1.93. The Morgan fingerprint density at radius 1 is 1.10 bits per heavy atom. The number of hydrogen-bond donors (Lipinski definition) is 2. The summed E-state index contributed by atoms with van der Waals surface area (Å²) < 4.78 is 0. The topological polar surface area (TPSA) is 49.3 Å². The zero-order chi connectivity index (χ0) is 14.4. The summed E-state index contributed by atoms with van der Waals surface area (Å²) in [7, 11) is 0. The van der Waals surface area contributed by atoms with Crippen molar-refractivity contribution in [2.75, 3.05) is 13.2 Å². The Kier molecular flexibility index (Phi) is 5.16. The minimum absolute atomic E-state index is 0.00902. The summed E-state index contributed by atoms with van der Waals surface area (Å²) in [6, 6.07) is 16.3. The van der Waals surface area contributed by atoms with Crippen LogP contribution in [0.5, 0.6) is 0 Å². The molecule has 2 aromatic rings. The van der Waals surface area contributed by atoms with Crippen LogP contribution in [0.4, 0.5) is 0 Å². The van der Waals surface area contributed by atoms with Gasteiger partial charge in [0.1, 0.15) is 0 Å². The summed E-state index contributed by atoms with van der Waals surface area (Å²) in [4.78, 5) is 12.0. The molecule has 0 fully saturated rings. The van der Waals surface area contributed by atoms with Crippen LogP contribution < -0.4 is 5.32 Å². The maximum atomic E-state index is 12.0. The quantitative estimate of drug-likeness (QED) is 0.889. The molecule has 0 aromatic heterocycles. The van der Waals surface area contributed by atoms with Gasteiger partial charge in [0, 0.05) is 23.0 Å². The van der Waals surface area contributed by atoms with E-state index in [0.717, 1.165) is 5.56 Å². The standard InChI is InChI=1S/C16H16ClNO2/c17-15-8-6-13(7-9-15)16(20)18-10-14(11-19)12-4-2-1-3-5-12/h1-9,14,19H,10-11H2,(H,18,20). The molecule has 0 aliphatic rings. The van der Waals surface area contributed by atoms with E-state index in [9.17, 15) is 9.90 Å². The van der Waals surface area contributed by atoms with Gasteiger partial charge in [0.25, 0.3) is 5.91 Å². The Labute approximate surface area is 123 Å². The third kappa shape index (κ3) is 3.83. The third-order valence-electron chi connectivity index (χ3n) is 3.11. The summed E-state index contributed by atoms with van der Waals surface area (Å²) in [5.41, 5.74) is 1.56. The van der Waals surface area contributed by atoms with E-state index in [4.69, 9.17) is 11.6 Å². The summed E-state index contributed by atoms with van der Waals surface area (Å²) >= 11 is 5.78. The first kappa shape index (κ1) is 14.6. The maximum Gasteiger partial charge on any atom is 0.251 e. The van der Waals surface area contributed by atoms with Crippen LogP contribution in [-0.4, -0.2) is 24.2 Å².